The van der Waals surface area contributed by atoms with Crippen LogP contribution in [0.5, 0.6) is 5.75 Å². The second-order valence-corrected chi connectivity index (χ2v) is 8.56. The Labute approximate surface area is 187 Å². The number of hydrogen-bond donors (Lipinski definition) is 0. The average molecular weight is 514 g/mol. The highest BCUT2D eigenvalue weighted by Crippen LogP contribution is 2.35. The Morgan fingerprint density at radius 2 is 1.79 bits per heavy atom. The largest absolute Gasteiger partial charge is 0.492 e. The summed E-state index contributed by atoms with van der Waals surface area (Å²) in [4.78, 5) is 20.1. The first kappa shape index (κ1) is 19.8. The monoisotopic (exact) mass is 514 g/mol. The maximum Gasteiger partial charge on any atom is 0.261 e. The molecule has 1 aromatic heterocycles. The van der Waals surface area contributed by atoms with E-state index in [4.69, 9.17) is 9.72 Å². The molecule has 0 atom stereocenters. The molecule has 0 radical (unpaired) electrons. The number of amides is 1. The van der Waals surface area contributed by atoms with Crippen molar-refractivity contribution in [1.29, 1.82) is 0 Å². The minimum absolute atomic E-state index is 0.0594. The Morgan fingerprint density at radius 3 is 2.55 bits per heavy atom. The van der Waals surface area contributed by atoms with Gasteiger partial charge in [-0.1, -0.05) is 59.9 Å². The topological polar surface area (TPSA) is 42.4 Å². The molecule has 0 aliphatic rings. The number of nitrogens with zero attached hydrogens (tertiary/aromatic N) is 2. The van der Waals surface area contributed by atoms with Crippen molar-refractivity contribution >= 4 is 55.2 Å². The molecule has 0 spiro atoms. The van der Waals surface area contributed by atoms with E-state index in [-0.39, 0.29) is 5.91 Å². The van der Waals surface area contributed by atoms with Crippen molar-refractivity contribution < 1.29 is 9.53 Å². The van der Waals surface area contributed by atoms with Gasteiger partial charge in [0.2, 0.25) is 0 Å². The predicted molar refractivity (Wildman–Crippen MR) is 127 cm³/mol. The Balaban J connectivity index is 1.80. The third-order valence-corrected chi connectivity index (χ3v) is 6.42. The van der Waals surface area contributed by atoms with Crippen LogP contribution in [0.3, 0.4) is 0 Å². The van der Waals surface area contributed by atoms with Gasteiger partial charge in [-0.05, 0) is 59.3 Å². The lowest BCUT2D eigenvalue weighted by Crippen LogP contribution is -2.30. The van der Waals surface area contributed by atoms with Crippen molar-refractivity contribution in [2.75, 3.05) is 11.5 Å². The molecule has 4 rings (SSSR count). The van der Waals surface area contributed by atoms with E-state index in [0.29, 0.717) is 23.8 Å². The van der Waals surface area contributed by atoms with Crippen LogP contribution >= 0.6 is 33.9 Å². The van der Waals surface area contributed by atoms with Crippen LogP contribution < -0.4 is 9.64 Å². The number of carbonyl (C=O) groups excluding carboxylic acids is 1. The molecule has 6 heteroatoms. The number of rotatable bonds is 6. The van der Waals surface area contributed by atoms with E-state index in [1.165, 1.54) is 11.3 Å². The van der Waals surface area contributed by atoms with Crippen LogP contribution in [-0.4, -0.2) is 17.5 Å². The molecule has 0 fully saturated rings. The third-order valence-electron chi connectivity index (χ3n) is 4.43. The van der Waals surface area contributed by atoms with Crippen molar-refractivity contribution in [3.05, 3.63) is 87.5 Å². The van der Waals surface area contributed by atoms with Gasteiger partial charge in [0.15, 0.2) is 5.13 Å². The molecule has 146 valence electrons. The molecule has 0 bridgehead atoms. The van der Waals surface area contributed by atoms with Gasteiger partial charge in [0.25, 0.3) is 5.91 Å². The normalized spacial score (nSPS) is 10.8. The van der Waals surface area contributed by atoms with Gasteiger partial charge in [0.1, 0.15) is 11.3 Å². The maximum atomic E-state index is 13.5. The second-order valence-electron chi connectivity index (χ2n) is 6.39. The average Bonchev–Trinajstić information content (AvgIpc) is 3.18. The number of para-hydroxylation sites is 1. The molecule has 29 heavy (non-hydrogen) atoms. The first-order valence-corrected chi connectivity index (χ1v) is 11.2. The summed E-state index contributed by atoms with van der Waals surface area (Å²) in [7, 11) is 0. The molecule has 4 aromatic rings. The fourth-order valence-corrected chi connectivity index (χ4v) is 4.67. The Bertz CT molecular complexity index is 1140. The highest BCUT2D eigenvalue weighted by molar-refractivity contribution is 14.1. The van der Waals surface area contributed by atoms with E-state index in [2.05, 4.69) is 22.6 Å². The van der Waals surface area contributed by atoms with Gasteiger partial charge in [-0.3, -0.25) is 9.69 Å². The van der Waals surface area contributed by atoms with Gasteiger partial charge in [-0.25, -0.2) is 4.98 Å². The number of hydrogen-bond acceptors (Lipinski definition) is 4. The first-order valence-electron chi connectivity index (χ1n) is 9.30. The second kappa shape index (κ2) is 8.92. The minimum Gasteiger partial charge on any atom is -0.492 e. The zero-order valence-electron chi connectivity index (χ0n) is 15.8. The van der Waals surface area contributed by atoms with Gasteiger partial charge >= 0.3 is 0 Å². The summed E-state index contributed by atoms with van der Waals surface area (Å²) in [5.74, 6) is 0.685. The highest BCUT2D eigenvalue weighted by atomic mass is 127. The van der Waals surface area contributed by atoms with Crippen LogP contribution in [0.25, 0.3) is 10.2 Å². The lowest BCUT2D eigenvalue weighted by atomic mass is 10.1. The molecule has 0 aliphatic heterocycles. The number of anilines is 1. The standard InChI is InChI=1S/C23H19IN2O2S/c1-2-28-19-13-8-14-20-21(19)25-23(29-20)26(15-16-9-4-3-5-10-16)22(27)17-11-6-7-12-18(17)24/h3-14H,2,15H2,1H3. The van der Waals surface area contributed by atoms with Crippen LogP contribution in [0, 0.1) is 3.57 Å². The van der Waals surface area contributed by atoms with Crippen molar-refractivity contribution in [1.82, 2.24) is 4.98 Å². The number of carbonyl (C=O) groups is 1. The van der Waals surface area contributed by atoms with Crippen LogP contribution in [0.4, 0.5) is 5.13 Å². The van der Waals surface area contributed by atoms with Crippen LogP contribution in [-0.2, 0) is 6.54 Å². The maximum absolute atomic E-state index is 13.5. The number of fused-ring (bicyclic) bond motifs is 1. The summed E-state index contributed by atoms with van der Waals surface area (Å²) in [6.45, 7) is 2.98. The van der Waals surface area contributed by atoms with Crippen molar-refractivity contribution in [2.45, 2.75) is 13.5 Å². The number of benzene rings is 3. The van der Waals surface area contributed by atoms with Gasteiger partial charge in [0.05, 0.1) is 23.4 Å². The molecular weight excluding hydrogens is 495 g/mol. The lowest BCUT2D eigenvalue weighted by Gasteiger charge is -2.20. The number of thiazole rings is 1. The van der Waals surface area contributed by atoms with Gasteiger partial charge in [0, 0.05) is 3.57 Å². The molecular formula is C23H19IN2O2S. The van der Waals surface area contributed by atoms with Crippen molar-refractivity contribution in [3.8, 4) is 5.75 Å². The predicted octanol–water partition coefficient (Wildman–Crippen LogP) is 6.15. The molecule has 0 aliphatic carbocycles. The van der Waals surface area contributed by atoms with E-state index >= 15 is 0 Å². The van der Waals surface area contributed by atoms with Crippen molar-refractivity contribution in [2.24, 2.45) is 0 Å². The lowest BCUT2D eigenvalue weighted by molar-refractivity contribution is 0.0984. The summed E-state index contributed by atoms with van der Waals surface area (Å²) < 4.78 is 7.65. The SMILES string of the molecule is CCOc1cccc2sc(N(Cc3ccccc3)C(=O)c3ccccc3I)nc12. The Hall–Kier alpha value is -2.45. The Morgan fingerprint density at radius 1 is 1.03 bits per heavy atom. The molecule has 0 saturated carbocycles. The summed E-state index contributed by atoms with van der Waals surface area (Å²) in [5.41, 5.74) is 2.52. The summed E-state index contributed by atoms with van der Waals surface area (Å²) in [6.07, 6.45) is 0. The highest BCUT2D eigenvalue weighted by Gasteiger charge is 2.24. The summed E-state index contributed by atoms with van der Waals surface area (Å²) in [6, 6.07) is 23.5. The summed E-state index contributed by atoms with van der Waals surface area (Å²) >= 11 is 3.71. The van der Waals surface area contributed by atoms with Crippen LogP contribution in [0.15, 0.2) is 72.8 Å². The summed E-state index contributed by atoms with van der Waals surface area (Å²) in [5, 5.41) is 0.667. The fraction of sp³-hybridized carbons (Fsp3) is 0.130. The third kappa shape index (κ3) is 4.28. The molecule has 0 unspecified atom stereocenters. The van der Waals surface area contributed by atoms with E-state index in [9.17, 15) is 4.79 Å². The van der Waals surface area contributed by atoms with E-state index in [1.54, 1.807) is 4.90 Å². The van der Waals surface area contributed by atoms with Gasteiger partial charge < -0.3 is 4.74 Å². The zero-order valence-corrected chi connectivity index (χ0v) is 18.8. The zero-order chi connectivity index (χ0) is 20.2. The number of aromatic nitrogens is 1. The van der Waals surface area contributed by atoms with E-state index in [1.807, 2.05) is 79.7 Å². The molecule has 1 heterocycles. The smallest absolute Gasteiger partial charge is 0.261 e. The molecule has 1 amide bonds. The van der Waals surface area contributed by atoms with Crippen LogP contribution in [0.2, 0.25) is 0 Å². The molecule has 3 aromatic carbocycles. The molecule has 4 nitrogen and oxygen atoms in total. The minimum atomic E-state index is -0.0594. The number of halogens is 1. The molecule has 0 N–H and O–H groups in total. The van der Waals surface area contributed by atoms with Gasteiger partial charge in [-0.15, -0.1) is 0 Å². The molecule has 0 saturated heterocycles. The van der Waals surface area contributed by atoms with Crippen molar-refractivity contribution in [3.63, 3.8) is 0 Å². The van der Waals surface area contributed by atoms with Gasteiger partial charge in [-0.2, -0.15) is 0 Å². The number of ether oxygens (including phenoxy) is 1. The quantitative estimate of drug-likeness (QED) is 0.290. The first-order chi connectivity index (χ1) is 14.2. The Kier molecular flexibility index (Phi) is 6.10. The van der Waals surface area contributed by atoms with Crippen LogP contribution in [0.1, 0.15) is 22.8 Å². The fourth-order valence-electron chi connectivity index (χ4n) is 3.07. The van der Waals surface area contributed by atoms with E-state index < -0.39 is 0 Å². The van der Waals surface area contributed by atoms with E-state index in [0.717, 1.165) is 25.1 Å².